The van der Waals surface area contributed by atoms with Crippen molar-refractivity contribution in [2.75, 3.05) is 0 Å². The average Bonchev–Trinajstić information content (AvgIpc) is 1.52. The van der Waals surface area contributed by atoms with Crippen molar-refractivity contribution in [1.82, 2.24) is 0 Å². The summed E-state index contributed by atoms with van der Waals surface area (Å²) in [6.07, 6.45) is 0. The normalized spacial score (nSPS) is 12.6. The zero-order chi connectivity index (χ0) is 69.1. The average molecular weight is 1520 g/mol. The Labute approximate surface area is 624 Å². The molecule has 488 valence electrons. The maximum Gasteiger partial charge on any atom is 0.135 e. The summed E-state index contributed by atoms with van der Waals surface area (Å²) >= 11 is 6.44. The van der Waals surface area contributed by atoms with E-state index in [1.54, 1.807) is 0 Å². The summed E-state index contributed by atoms with van der Waals surface area (Å²) < 4.78 is 27.8. The van der Waals surface area contributed by atoms with Crippen molar-refractivity contribution in [2.45, 2.75) is 0 Å². The van der Waals surface area contributed by atoms with Crippen LogP contribution >= 0.6 is 38.5 Å². The van der Waals surface area contributed by atoms with Gasteiger partial charge in [-0.15, -0.1) is 0 Å². The summed E-state index contributed by atoms with van der Waals surface area (Å²) in [7, 11) is 0. The van der Waals surface area contributed by atoms with Gasteiger partial charge in [0.05, 0.1) is 0 Å². The lowest BCUT2D eigenvalue weighted by atomic mass is 9.86. The van der Waals surface area contributed by atoms with Gasteiger partial charge in [-0.05, 0) is 281 Å². The summed E-state index contributed by atoms with van der Waals surface area (Å²) in [5.74, 6) is 0. The molecule has 106 heavy (non-hydrogen) atoms. The Morgan fingerprint density at radius 3 is 0.764 bits per heavy atom. The van der Waals surface area contributed by atoms with Crippen LogP contribution in [0.3, 0.4) is 0 Å². The number of furan rings is 4. The van der Waals surface area contributed by atoms with Crippen molar-refractivity contribution < 1.29 is 17.7 Å². The van der Waals surface area contributed by atoms with Crippen LogP contribution in [0.15, 0.2) is 325 Å². The van der Waals surface area contributed by atoms with Crippen LogP contribution in [0, 0.1) is 3.57 Å². The van der Waals surface area contributed by atoms with E-state index in [4.69, 9.17) is 17.7 Å². The van der Waals surface area contributed by atoms with Crippen molar-refractivity contribution in [3.05, 3.63) is 311 Å². The van der Waals surface area contributed by atoms with E-state index in [1.807, 2.05) is 24.3 Å². The highest BCUT2D eigenvalue weighted by molar-refractivity contribution is 14.1. The van der Waals surface area contributed by atoms with Gasteiger partial charge in [0.15, 0.2) is 0 Å². The van der Waals surface area contributed by atoms with E-state index in [0.29, 0.717) is 0 Å². The van der Waals surface area contributed by atoms with Crippen molar-refractivity contribution in [2.24, 2.45) is 0 Å². The smallest absolute Gasteiger partial charge is 0.135 e. The van der Waals surface area contributed by atoms with E-state index in [0.717, 1.165) is 92.2 Å². The highest BCUT2D eigenvalue weighted by atomic mass is 127. The van der Waals surface area contributed by atoms with Gasteiger partial charge in [-0.25, -0.2) is 0 Å². The number of halogens is 2. The van der Waals surface area contributed by atoms with E-state index >= 15 is 0 Å². The minimum absolute atomic E-state index is 0.903. The first-order valence-corrected chi connectivity index (χ1v) is 37.9. The second-order valence-electron chi connectivity index (χ2n) is 28.8. The molecule has 0 fully saturated rings. The molecule has 0 aliphatic rings. The molecule has 4 aromatic heterocycles. The molecule has 0 radical (unpaired) electrons. The molecular formula is C100H50BrIO4. The molecule has 0 aliphatic carbocycles. The van der Waals surface area contributed by atoms with Crippen LogP contribution in [0.4, 0.5) is 0 Å². The van der Waals surface area contributed by atoms with Crippen molar-refractivity contribution >= 4 is 256 Å². The third kappa shape index (κ3) is 7.61. The molecule has 0 atom stereocenters. The van der Waals surface area contributed by atoms with Crippen LogP contribution < -0.4 is 0 Å². The minimum atomic E-state index is 0.903. The first kappa shape index (κ1) is 57.9. The van der Waals surface area contributed by atoms with Gasteiger partial charge < -0.3 is 17.7 Å². The van der Waals surface area contributed by atoms with Crippen LogP contribution in [-0.2, 0) is 0 Å². The quantitative estimate of drug-likeness (QED) is 0.165. The van der Waals surface area contributed by atoms with Gasteiger partial charge in [-0.3, -0.25) is 0 Å². The molecule has 0 saturated heterocycles. The van der Waals surface area contributed by atoms with Crippen LogP contribution in [0.1, 0.15) is 0 Å². The lowest BCUT2D eigenvalue weighted by molar-refractivity contribution is 0.668. The number of rotatable bonds is 4. The minimum Gasteiger partial charge on any atom is -0.456 e. The molecule has 0 amide bonds. The zero-order valence-electron chi connectivity index (χ0n) is 56.3. The first-order chi connectivity index (χ1) is 52.4. The van der Waals surface area contributed by atoms with Crippen LogP contribution in [0.5, 0.6) is 0 Å². The predicted octanol–water partition coefficient (Wildman–Crippen LogP) is 30.6. The molecule has 6 heteroatoms. The number of hydrogen-bond acceptors (Lipinski definition) is 4. The molecule has 4 nitrogen and oxygen atoms in total. The van der Waals surface area contributed by atoms with Crippen LogP contribution in [-0.4, -0.2) is 0 Å². The Hall–Kier alpha value is -12.6. The predicted molar refractivity (Wildman–Crippen MR) is 459 cm³/mol. The van der Waals surface area contributed by atoms with E-state index in [1.165, 1.54) is 177 Å². The Bertz CT molecular complexity index is 7710. The topological polar surface area (TPSA) is 52.6 Å². The maximum atomic E-state index is 6.37. The Morgan fingerprint density at radius 2 is 0.425 bits per heavy atom. The van der Waals surface area contributed by atoms with Gasteiger partial charge in [0.2, 0.25) is 0 Å². The summed E-state index contributed by atoms with van der Waals surface area (Å²) in [5.41, 5.74) is 17.1. The Morgan fingerprint density at radius 1 is 0.179 bits per heavy atom. The van der Waals surface area contributed by atoms with E-state index in [9.17, 15) is 0 Å². The standard InChI is InChI=1S/C50H24BrIO2.C50H26O2/c51-37-19-17-33-45-29(37)9-5-11-31(45)47-43(25-15-21-41-35(23-25)27-7-1-3-13-39(27)53-41)50-34-18-20-38(52)30-10-6-12-32(46(30)34)48(50)44(49(33)47)26-16-22-42-36(24-26)28-8-2-4-14-40(28)54-42;1-3-19-39-31(13-1)37-25-29(21-23-41(37)51-39)45-47-33-15-5-9-27-11-7-17-35(43(27)33)49(47)46(30-22-24-42-38(26-30)32-14-2-4-20-40(32)52-42)50-36-18-8-12-28-10-6-16-34(44(28)36)48(45)50/h1-24H;1-26H. The fraction of sp³-hybridized carbons (Fsp3) is 0. The van der Waals surface area contributed by atoms with Gasteiger partial charge in [-0.2, -0.15) is 0 Å². The largest absolute Gasteiger partial charge is 0.456 e. The monoisotopic (exact) mass is 1520 g/mol. The second kappa shape index (κ2) is 21.1. The summed E-state index contributed by atoms with van der Waals surface area (Å²) in [4.78, 5) is 0. The molecule has 0 unspecified atom stereocenters. The number of para-hydroxylation sites is 4. The molecule has 4 heterocycles. The third-order valence-corrected chi connectivity index (χ3v) is 25.2. The molecule has 0 aliphatic heterocycles. The van der Waals surface area contributed by atoms with Crippen molar-refractivity contribution in [3.8, 4) is 44.5 Å². The number of hydrogen-bond donors (Lipinski definition) is 0. The summed E-state index contributed by atoms with van der Waals surface area (Å²) in [5, 5.41) is 40.0. The van der Waals surface area contributed by atoms with Crippen LogP contribution in [0.2, 0.25) is 0 Å². The fourth-order valence-electron chi connectivity index (χ4n) is 19.4. The third-order valence-electron chi connectivity index (χ3n) is 23.6. The van der Waals surface area contributed by atoms with Gasteiger partial charge in [0.1, 0.15) is 44.7 Å². The highest BCUT2D eigenvalue weighted by Gasteiger charge is 2.32. The lowest BCUT2D eigenvalue weighted by Crippen LogP contribution is -1.88. The van der Waals surface area contributed by atoms with Crippen molar-refractivity contribution in [3.63, 3.8) is 0 Å². The van der Waals surface area contributed by atoms with Gasteiger partial charge >= 0.3 is 0 Å². The maximum absolute atomic E-state index is 6.37. The highest BCUT2D eigenvalue weighted by Crippen LogP contribution is 2.60. The summed E-state index contributed by atoms with van der Waals surface area (Å²) in [6, 6.07) is 111. The molecule has 22 aromatic carbocycles. The van der Waals surface area contributed by atoms with E-state index in [2.05, 4.69) is 318 Å². The number of fused-ring (bicyclic) bond motifs is 24. The molecule has 0 spiro atoms. The van der Waals surface area contributed by atoms with Gasteiger partial charge in [-0.1, -0.05) is 234 Å². The molecule has 0 N–H and O–H groups in total. The molecule has 26 aromatic rings. The van der Waals surface area contributed by atoms with Gasteiger partial charge in [0, 0.05) is 51.1 Å². The SMILES string of the molecule is Brc1ccc2c3c(-c4ccc5oc6ccccc6c5c4)c4c5cccc6c(I)ccc(c4c(-c4ccc7oc8ccccc8c7c4)c3c3cccc1c23)c65.c1ccc2c(c1)oc1ccc(-c3c4c5cccc6cccc(c4c(-c4ccc7oc8ccccc8c7c4)c4c7cccc8cccc(c34)c87)c65)cc12. The first-order valence-electron chi connectivity index (χ1n) is 36.1. The molecule has 26 rings (SSSR count). The van der Waals surface area contributed by atoms with Crippen LogP contribution in [0.25, 0.3) is 262 Å². The van der Waals surface area contributed by atoms with Gasteiger partial charge in [0.25, 0.3) is 0 Å². The molecule has 0 saturated carbocycles. The zero-order valence-corrected chi connectivity index (χ0v) is 60.0. The summed E-state index contributed by atoms with van der Waals surface area (Å²) in [6.45, 7) is 0. The Kier molecular flexibility index (Phi) is 11.5. The van der Waals surface area contributed by atoms with E-state index < -0.39 is 0 Å². The molecule has 0 bridgehead atoms. The lowest BCUT2D eigenvalue weighted by Gasteiger charge is -2.16. The van der Waals surface area contributed by atoms with Crippen molar-refractivity contribution in [1.29, 1.82) is 0 Å². The number of benzene rings is 18. The second-order valence-corrected chi connectivity index (χ2v) is 30.8. The van der Waals surface area contributed by atoms with E-state index in [-0.39, 0.29) is 0 Å². The fourth-order valence-corrected chi connectivity index (χ4v) is 20.5. The Balaban J connectivity index is 0.000000123. The molecular weight excluding hydrogens is 1470 g/mol.